The minimum absolute atomic E-state index is 0.105. The highest BCUT2D eigenvalue weighted by Crippen LogP contribution is 2.25. The lowest BCUT2D eigenvalue weighted by atomic mass is 10.2. The zero-order chi connectivity index (χ0) is 13.5. The standard InChI is InChI=1S/C12H16N2O3S/c1-3-17-12(16)9-6-8(13)4-5-10(9)18-7-11(15)14-2/h4-6H,3,7,13H2,1-2H3,(H,14,15). The predicted molar refractivity (Wildman–Crippen MR) is 71.6 cm³/mol. The molecule has 0 radical (unpaired) electrons. The molecule has 0 aliphatic carbocycles. The van der Waals surface area contributed by atoms with Crippen LogP contribution in [0.5, 0.6) is 0 Å². The molecule has 0 saturated heterocycles. The van der Waals surface area contributed by atoms with Crippen molar-refractivity contribution in [1.29, 1.82) is 0 Å². The van der Waals surface area contributed by atoms with Crippen molar-refractivity contribution >= 4 is 29.3 Å². The van der Waals surface area contributed by atoms with E-state index in [0.29, 0.717) is 22.8 Å². The van der Waals surface area contributed by atoms with Gasteiger partial charge in [-0.1, -0.05) is 0 Å². The van der Waals surface area contributed by atoms with Crippen LogP contribution in [-0.4, -0.2) is 31.3 Å². The van der Waals surface area contributed by atoms with Gasteiger partial charge in [-0.25, -0.2) is 4.79 Å². The Hall–Kier alpha value is -1.69. The zero-order valence-corrected chi connectivity index (χ0v) is 11.2. The molecule has 0 aromatic heterocycles. The molecule has 0 fully saturated rings. The fourth-order valence-electron chi connectivity index (χ4n) is 1.26. The fraction of sp³-hybridized carbons (Fsp3) is 0.333. The summed E-state index contributed by atoms with van der Waals surface area (Å²) in [7, 11) is 1.57. The molecular weight excluding hydrogens is 252 g/mol. The summed E-state index contributed by atoms with van der Waals surface area (Å²) in [5, 5.41) is 2.52. The maximum Gasteiger partial charge on any atom is 0.339 e. The van der Waals surface area contributed by atoms with Gasteiger partial charge in [-0.15, -0.1) is 11.8 Å². The Bertz CT molecular complexity index is 449. The minimum atomic E-state index is -0.427. The van der Waals surface area contributed by atoms with Gasteiger partial charge in [-0.3, -0.25) is 4.79 Å². The van der Waals surface area contributed by atoms with Crippen LogP contribution >= 0.6 is 11.8 Å². The number of carbonyl (C=O) groups excluding carboxylic acids is 2. The third-order valence-corrected chi connectivity index (χ3v) is 3.21. The Morgan fingerprint density at radius 1 is 1.44 bits per heavy atom. The summed E-state index contributed by atoms with van der Waals surface area (Å²) < 4.78 is 4.95. The lowest BCUT2D eigenvalue weighted by molar-refractivity contribution is -0.118. The fourth-order valence-corrected chi connectivity index (χ4v) is 2.15. The van der Waals surface area contributed by atoms with Crippen LogP contribution < -0.4 is 11.1 Å². The normalized spacial score (nSPS) is 9.89. The predicted octanol–water partition coefficient (Wildman–Crippen LogP) is 1.28. The summed E-state index contributed by atoms with van der Waals surface area (Å²) in [6, 6.07) is 4.97. The first-order valence-corrected chi connectivity index (χ1v) is 6.47. The van der Waals surface area contributed by atoms with Crippen LogP contribution in [0, 0.1) is 0 Å². The van der Waals surface area contributed by atoms with E-state index in [0.717, 1.165) is 0 Å². The third kappa shape index (κ3) is 3.96. The molecule has 0 heterocycles. The quantitative estimate of drug-likeness (QED) is 0.477. The van der Waals surface area contributed by atoms with Crippen molar-refractivity contribution in [1.82, 2.24) is 5.32 Å². The molecule has 1 aromatic rings. The molecule has 0 spiro atoms. The number of nitrogen functional groups attached to an aromatic ring is 1. The van der Waals surface area contributed by atoms with Gasteiger partial charge in [0.1, 0.15) is 0 Å². The van der Waals surface area contributed by atoms with E-state index < -0.39 is 5.97 Å². The maximum atomic E-state index is 11.7. The maximum absolute atomic E-state index is 11.7. The zero-order valence-electron chi connectivity index (χ0n) is 10.4. The van der Waals surface area contributed by atoms with Crippen LogP contribution in [0.2, 0.25) is 0 Å². The van der Waals surface area contributed by atoms with Gasteiger partial charge in [0.05, 0.1) is 17.9 Å². The molecule has 1 aromatic carbocycles. The molecule has 6 heteroatoms. The van der Waals surface area contributed by atoms with Crippen molar-refractivity contribution in [3.63, 3.8) is 0 Å². The van der Waals surface area contributed by atoms with E-state index >= 15 is 0 Å². The molecule has 3 N–H and O–H groups in total. The number of ether oxygens (including phenoxy) is 1. The van der Waals surface area contributed by atoms with E-state index in [-0.39, 0.29) is 11.7 Å². The number of anilines is 1. The Kier molecular flexibility index (Phi) is 5.51. The molecule has 0 saturated carbocycles. The summed E-state index contributed by atoms with van der Waals surface area (Å²) >= 11 is 1.27. The van der Waals surface area contributed by atoms with Crippen molar-refractivity contribution < 1.29 is 14.3 Å². The number of esters is 1. The molecule has 1 amide bonds. The van der Waals surface area contributed by atoms with E-state index in [4.69, 9.17) is 10.5 Å². The average molecular weight is 268 g/mol. The molecule has 0 unspecified atom stereocenters. The van der Waals surface area contributed by atoms with E-state index in [1.165, 1.54) is 11.8 Å². The summed E-state index contributed by atoms with van der Waals surface area (Å²) in [5.74, 6) is -0.289. The lowest BCUT2D eigenvalue weighted by Gasteiger charge is -2.09. The number of nitrogens with two attached hydrogens (primary N) is 1. The number of hydrogen-bond acceptors (Lipinski definition) is 5. The van der Waals surface area contributed by atoms with Gasteiger partial charge in [0.2, 0.25) is 5.91 Å². The van der Waals surface area contributed by atoms with Crippen LogP contribution in [-0.2, 0) is 9.53 Å². The van der Waals surface area contributed by atoms with Crippen LogP contribution in [0.25, 0.3) is 0 Å². The Morgan fingerprint density at radius 2 is 2.17 bits per heavy atom. The first-order chi connectivity index (χ1) is 8.58. The second-order valence-corrected chi connectivity index (χ2v) is 4.46. The van der Waals surface area contributed by atoms with Crippen molar-refractivity contribution in [2.45, 2.75) is 11.8 Å². The van der Waals surface area contributed by atoms with Gasteiger partial charge in [0.15, 0.2) is 0 Å². The second kappa shape index (κ2) is 6.90. The number of hydrogen-bond donors (Lipinski definition) is 2. The first kappa shape index (κ1) is 14.4. The summed E-state index contributed by atoms with van der Waals surface area (Å²) in [6.07, 6.45) is 0. The minimum Gasteiger partial charge on any atom is -0.462 e. The molecule has 0 aliphatic heterocycles. The highest BCUT2D eigenvalue weighted by Gasteiger charge is 2.14. The Labute approximate surface area is 110 Å². The SMILES string of the molecule is CCOC(=O)c1cc(N)ccc1SCC(=O)NC. The molecule has 0 bridgehead atoms. The third-order valence-electron chi connectivity index (χ3n) is 2.14. The molecule has 5 nitrogen and oxygen atoms in total. The number of benzene rings is 1. The number of carbonyl (C=O) groups is 2. The molecule has 0 atom stereocenters. The van der Waals surface area contributed by atoms with Crippen molar-refractivity contribution in [2.24, 2.45) is 0 Å². The van der Waals surface area contributed by atoms with Gasteiger partial charge in [0.25, 0.3) is 0 Å². The largest absolute Gasteiger partial charge is 0.462 e. The van der Waals surface area contributed by atoms with Crippen LogP contribution in [0.4, 0.5) is 5.69 Å². The van der Waals surface area contributed by atoms with Crippen LogP contribution in [0.1, 0.15) is 17.3 Å². The van der Waals surface area contributed by atoms with E-state index in [9.17, 15) is 9.59 Å². The number of rotatable bonds is 5. The summed E-state index contributed by atoms with van der Waals surface area (Å²) in [6.45, 7) is 2.04. The van der Waals surface area contributed by atoms with Crippen molar-refractivity contribution in [3.8, 4) is 0 Å². The number of thioether (sulfide) groups is 1. The Balaban J connectivity index is 2.89. The topological polar surface area (TPSA) is 81.4 Å². The van der Waals surface area contributed by atoms with Gasteiger partial charge in [0, 0.05) is 17.6 Å². The van der Waals surface area contributed by atoms with Crippen LogP contribution in [0.3, 0.4) is 0 Å². The van der Waals surface area contributed by atoms with Gasteiger partial charge >= 0.3 is 5.97 Å². The van der Waals surface area contributed by atoms with Gasteiger partial charge in [-0.05, 0) is 25.1 Å². The van der Waals surface area contributed by atoms with E-state index in [1.807, 2.05) is 0 Å². The van der Waals surface area contributed by atoms with Gasteiger partial charge < -0.3 is 15.8 Å². The highest BCUT2D eigenvalue weighted by molar-refractivity contribution is 8.00. The van der Waals surface area contributed by atoms with Crippen molar-refractivity contribution in [3.05, 3.63) is 23.8 Å². The summed E-state index contributed by atoms with van der Waals surface area (Å²) in [4.78, 5) is 23.6. The Morgan fingerprint density at radius 3 is 2.78 bits per heavy atom. The smallest absolute Gasteiger partial charge is 0.339 e. The van der Waals surface area contributed by atoms with Crippen LogP contribution in [0.15, 0.2) is 23.1 Å². The molecule has 18 heavy (non-hydrogen) atoms. The average Bonchev–Trinajstić information content (AvgIpc) is 2.37. The molecular formula is C12H16N2O3S. The first-order valence-electron chi connectivity index (χ1n) is 5.48. The van der Waals surface area contributed by atoms with Crippen molar-refractivity contribution in [2.75, 3.05) is 25.1 Å². The molecule has 0 aliphatic rings. The number of nitrogens with one attached hydrogen (secondary N) is 1. The number of amides is 1. The second-order valence-electron chi connectivity index (χ2n) is 3.44. The monoisotopic (exact) mass is 268 g/mol. The van der Waals surface area contributed by atoms with Gasteiger partial charge in [-0.2, -0.15) is 0 Å². The lowest BCUT2D eigenvalue weighted by Crippen LogP contribution is -2.20. The summed E-state index contributed by atoms with van der Waals surface area (Å²) in [5.41, 5.74) is 6.53. The highest BCUT2D eigenvalue weighted by atomic mass is 32.2. The van der Waals surface area contributed by atoms with E-state index in [1.54, 1.807) is 32.2 Å². The van der Waals surface area contributed by atoms with E-state index in [2.05, 4.69) is 5.32 Å². The molecule has 98 valence electrons. The molecule has 1 rings (SSSR count).